The number of benzene rings is 2. The van der Waals surface area contributed by atoms with E-state index in [9.17, 15) is 13.2 Å². The Kier molecular flexibility index (Phi) is 6.33. The zero-order valence-electron chi connectivity index (χ0n) is 14.6. The van der Waals surface area contributed by atoms with Gasteiger partial charge in [-0.05, 0) is 44.0 Å². The molecule has 0 spiro atoms. The van der Waals surface area contributed by atoms with E-state index < -0.39 is 15.3 Å². The van der Waals surface area contributed by atoms with Gasteiger partial charge in [0.25, 0.3) is 0 Å². The minimum absolute atomic E-state index is 0.205. The van der Waals surface area contributed by atoms with Gasteiger partial charge in [0.05, 0.1) is 5.25 Å². The largest absolute Gasteiger partial charge is 0.489 e. The maximum Gasteiger partial charge on any atom is 0.214 e. The van der Waals surface area contributed by atoms with Gasteiger partial charge in [-0.2, -0.15) is 0 Å². The Morgan fingerprint density at radius 3 is 2.28 bits per heavy atom. The normalized spacial score (nSPS) is 12.8. The number of nitrogens with one attached hydrogen (secondary N) is 1. The molecule has 0 saturated carbocycles. The fourth-order valence-electron chi connectivity index (χ4n) is 2.25. The Morgan fingerprint density at radius 1 is 1.04 bits per heavy atom. The number of aldehydes is 1. The summed E-state index contributed by atoms with van der Waals surface area (Å²) in [6, 6.07) is 14.7. The third kappa shape index (κ3) is 5.14. The van der Waals surface area contributed by atoms with Gasteiger partial charge < -0.3 is 4.74 Å². The van der Waals surface area contributed by atoms with Gasteiger partial charge in [-0.15, -0.1) is 0 Å². The quantitative estimate of drug-likeness (QED) is 0.733. The molecule has 0 heterocycles. The number of sulfonamides is 1. The van der Waals surface area contributed by atoms with Crippen molar-refractivity contribution in [3.05, 3.63) is 54.1 Å². The molecular formula is C19H23NO4S. The molecule has 0 radical (unpaired) electrons. The Balaban J connectivity index is 2.02. The minimum atomic E-state index is -3.30. The fourth-order valence-corrected chi connectivity index (χ4v) is 3.05. The molecule has 6 heteroatoms. The molecule has 5 nitrogen and oxygen atoms in total. The summed E-state index contributed by atoms with van der Waals surface area (Å²) in [5, 5.41) is -0.475. The molecule has 2 rings (SSSR count). The van der Waals surface area contributed by atoms with E-state index in [4.69, 9.17) is 4.74 Å². The molecular weight excluding hydrogens is 338 g/mol. The summed E-state index contributed by atoms with van der Waals surface area (Å²) in [4.78, 5) is 11.1. The molecule has 0 aliphatic carbocycles. The summed E-state index contributed by atoms with van der Waals surface area (Å²) in [6.45, 7) is 5.27. The highest BCUT2D eigenvalue weighted by Gasteiger charge is 2.17. The lowest BCUT2D eigenvalue weighted by molar-refractivity contribution is 0.112. The van der Waals surface area contributed by atoms with E-state index in [1.54, 1.807) is 26.8 Å². The number of carbonyl (C=O) groups excluding carboxylic acids is 1. The molecule has 0 bridgehead atoms. The molecule has 0 aliphatic heterocycles. The monoisotopic (exact) mass is 361 g/mol. The molecule has 0 aliphatic rings. The van der Waals surface area contributed by atoms with Crippen LogP contribution in [-0.2, 0) is 10.0 Å². The molecule has 2 aromatic carbocycles. The molecule has 2 aromatic rings. The van der Waals surface area contributed by atoms with Gasteiger partial charge in [0.15, 0.2) is 6.29 Å². The first kappa shape index (κ1) is 19.1. The van der Waals surface area contributed by atoms with Crippen LogP contribution in [0, 0.1) is 0 Å². The van der Waals surface area contributed by atoms with Gasteiger partial charge in [0.2, 0.25) is 10.0 Å². The van der Waals surface area contributed by atoms with Crippen molar-refractivity contribution in [3.8, 4) is 16.9 Å². The lowest BCUT2D eigenvalue weighted by Crippen LogP contribution is -2.37. The van der Waals surface area contributed by atoms with Crippen LogP contribution in [0.3, 0.4) is 0 Å². The van der Waals surface area contributed by atoms with Crippen molar-refractivity contribution in [3.63, 3.8) is 0 Å². The van der Waals surface area contributed by atoms with Crippen molar-refractivity contribution in [1.29, 1.82) is 0 Å². The van der Waals surface area contributed by atoms with E-state index in [0.29, 0.717) is 11.3 Å². The predicted molar refractivity (Wildman–Crippen MR) is 99.4 cm³/mol. The van der Waals surface area contributed by atoms with Gasteiger partial charge >= 0.3 is 0 Å². The maximum absolute atomic E-state index is 11.8. The second-order valence-corrected chi connectivity index (χ2v) is 8.42. The lowest BCUT2D eigenvalue weighted by atomic mass is 10.0. The van der Waals surface area contributed by atoms with Crippen LogP contribution in [-0.4, -0.2) is 32.6 Å². The third-order valence-corrected chi connectivity index (χ3v) is 5.59. The fraction of sp³-hybridized carbons (Fsp3) is 0.316. The van der Waals surface area contributed by atoms with E-state index in [0.717, 1.165) is 17.4 Å². The van der Waals surface area contributed by atoms with E-state index in [-0.39, 0.29) is 12.6 Å². The molecule has 0 aromatic heterocycles. The second kappa shape index (κ2) is 8.27. The number of hydrogen-bond acceptors (Lipinski definition) is 4. The SMILES string of the molecule is CC(CNS(=O)(=O)C(C)C)Oc1ccc(-c2ccccc2C=O)cc1. The summed E-state index contributed by atoms with van der Waals surface area (Å²) in [5.74, 6) is 0.642. The molecule has 0 fully saturated rings. The van der Waals surface area contributed by atoms with Crippen molar-refractivity contribution in [2.75, 3.05) is 6.54 Å². The molecule has 1 atom stereocenters. The molecule has 134 valence electrons. The van der Waals surface area contributed by atoms with Gasteiger partial charge in [-0.25, -0.2) is 13.1 Å². The van der Waals surface area contributed by atoms with Crippen LogP contribution in [0.25, 0.3) is 11.1 Å². The second-order valence-electron chi connectivity index (χ2n) is 6.10. The van der Waals surface area contributed by atoms with Crippen LogP contribution in [0.2, 0.25) is 0 Å². The van der Waals surface area contributed by atoms with Gasteiger partial charge in [-0.3, -0.25) is 4.79 Å². The van der Waals surface area contributed by atoms with Crippen molar-refractivity contribution in [1.82, 2.24) is 4.72 Å². The van der Waals surface area contributed by atoms with E-state index in [1.807, 2.05) is 42.5 Å². The van der Waals surface area contributed by atoms with Crippen LogP contribution in [0.15, 0.2) is 48.5 Å². The predicted octanol–water partition coefficient (Wildman–Crippen LogP) is 3.26. The smallest absolute Gasteiger partial charge is 0.214 e. The molecule has 1 unspecified atom stereocenters. The molecule has 0 saturated heterocycles. The highest BCUT2D eigenvalue weighted by molar-refractivity contribution is 7.90. The standard InChI is InChI=1S/C19H23NO4S/c1-14(2)25(22,23)20-12-15(3)24-18-10-8-16(9-11-18)19-7-5-4-6-17(19)13-21/h4-11,13-15,20H,12H2,1-3H3. The zero-order chi connectivity index (χ0) is 18.4. The average Bonchev–Trinajstić information content (AvgIpc) is 2.60. The summed E-state index contributed by atoms with van der Waals surface area (Å²) >= 11 is 0. The first-order valence-corrected chi connectivity index (χ1v) is 9.68. The number of hydrogen-bond donors (Lipinski definition) is 1. The van der Waals surface area contributed by atoms with Crippen molar-refractivity contribution in [2.24, 2.45) is 0 Å². The minimum Gasteiger partial charge on any atom is -0.489 e. The summed E-state index contributed by atoms with van der Waals surface area (Å²) < 4.78 is 31.8. The number of rotatable bonds is 8. The van der Waals surface area contributed by atoms with E-state index in [2.05, 4.69) is 4.72 Å². The summed E-state index contributed by atoms with van der Waals surface area (Å²) in [7, 11) is -3.30. The van der Waals surface area contributed by atoms with Crippen LogP contribution in [0.5, 0.6) is 5.75 Å². The molecule has 1 N–H and O–H groups in total. The first-order chi connectivity index (χ1) is 11.8. The highest BCUT2D eigenvalue weighted by Crippen LogP contribution is 2.25. The summed E-state index contributed by atoms with van der Waals surface area (Å²) in [6.07, 6.45) is 0.532. The Morgan fingerprint density at radius 2 is 1.68 bits per heavy atom. The maximum atomic E-state index is 11.8. The average molecular weight is 361 g/mol. The van der Waals surface area contributed by atoms with Crippen molar-refractivity contribution in [2.45, 2.75) is 32.1 Å². The van der Waals surface area contributed by atoms with Crippen LogP contribution >= 0.6 is 0 Å². The van der Waals surface area contributed by atoms with E-state index in [1.165, 1.54) is 0 Å². The Bertz CT molecular complexity index is 814. The van der Waals surface area contributed by atoms with Crippen LogP contribution < -0.4 is 9.46 Å². The molecule has 0 amide bonds. The van der Waals surface area contributed by atoms with Crippen molar-refractivity contribution >= 4 is 16.3 Å². The zero-order valence-corrected chi connectivity index (χ0v) is 15.4. The number of carbonyl (C=O) groups is 1. The Hall–Kier alpha value is -2.18. The topological polar surface area (TPSA) is 72.5 Å². The third-order valence-electron chi connectivity index (χ3n) is 3.78. The Labute approximate surface area is 149 Å². The molecule has 25 heavy (non-hydrogen) atoms. The van der Waals surface area contributed by atoms with Crippen LogP contribution in [0.4, 0.5) is 0 Å². The number of ether oxygens (including phenoxy) is 1. The van der Waals surface area contributed by atoms with Gasteiger partial charge in [0, 0.05) is 12.1 Å². The van der Waals surface area contributed by atoms with Gasteiger partial charge in [-0.1, -0.05) is 36.4 Å². The van der Waals surface area contributed by atoms with Crippen LogP contribution in [0.1, 0.15) is 31.1 Å². The van der Waals surface area contributed by atoms with Crippen molar-refractivity contribution < 1.29 is 17.9 Å². The first-order valence-electron chi connectivity index (χ1n) is 8.13. The highest BCUT2D eigenvalue weighted by atomic mass is 32.2. The summed E-state index contributed by atoms with van der Waals surface area (Å²) in [5.41, 5.74) is 2.41. The van der Waals surface area contributed by atoms with Gasteiger partial charge in [0.1, 0.15) is 11.9 Å². The van der Waals surface area contributed by atoms with E-state index >= 15 is 0 Å². The lowest BCUT2D eigenvalue weighted by Gasteiger charge is -2.17.